The lowest BCUT2D eigenvalue weighted by Gasteiger charge is -2.16. The number of hydrogen-bond donors (Lipinski definition) is 1. The molecule has 0 aliphatic heterocycles. The smallest absolute Gasteiger partial charge is 0.341 e. The Kier molecular flexibility index (Phi) is 3.52. The maximum Gasteiger partial charge on any atom is 0.341 e. The number of carbonyl (C=O) groups excluding carboxylic acids is 1. The number of nitrogen functional groups attached to an aromatic ring is 1. The second kappa shape index (κ2) is 5.08. The largest absolute Gasteiger partial charge is 0.489 e. The average Bonchev–Trinajstić information content (AvgIpc) is 2.81. The van der Waals surface area contributed by atoms with E-state index in [1.54, 1.807) is 18.2 Å². The molecule has 1 saturated carbocycles. The van der Waals surface area contributed by atoms with Crippen LogP contribution in [0.25, 0.3) is 0 Å². The first kappa shape index (κ1) is 11.8. The molecule has 0 radical (unpaired) electrons. The zero-order valence-electron chi connectivity index (χ0n) is 9.94. The van der Waals surface area contributed by atoms with Crippen LogP contribution in [0.15, 0.2) is 18.2 Å². The molecule has 0 amide bonds. The Hall–Kier alpha value is -1.71. The summed E-state index contributed by atoms with van der Waals surface area (Å²) in [6.45, 7) is 0. The van der Waals surface area contributed by atoms with Crippen molar-refractivity contribution in [2.75, 3.05) is 12.8 Å². The van der Waals surface area contributed by atoms with Crippen LogP contribution in [0.2, 0.25) is 0 Å². The van der Waals surface area contributed by atoms with Crippen molar-refractivity contribution in [3.63, 3.8) is 0 Å². The summed E-state index contributed by atoms with van der Waals surface area (Å²) in [5.41, 5.74) is 6.74. The molecule has 1 aromatic carbocycles. The molecule has 1 aliphatic carbocycles. The first-order valence-corrected chi connectivity index (χ1v) is 5.85. The molecule has 1 aromatic rings. The summed E-state index contributed by atoms with van der Waals surface area (Å²) in [5.74, 6) is 0.141. The van der Waals surface area contributed by atoms with Crippen molar-refractivity contribution >= 4 is 11.7 Å². The van der Waals surface area contributed by atoms with Crippen LogP contribution in [0.1, 0.15) is 36.0 Å². The molecule has 4 heteroatoms. The molecule has 4 nitrogen and oxygen atoms in total. The summed E-state index contributed by atoms with van der Waals surface area (Å²) >= 11 is 0. The lowest BCUT2D eigenvalue weighted by molar-refractivity contribution is 0.0593. The minimum absolute atomic E-state index is 0.195. The summed E-state index contributed by atoms with van der Waals surface area (Å²) in [7, 11) is 1.36. The van der Waals surface area contributed by atoms with Crippen LogP contribution in [-0.4, -0.2) is 19.2 Å². The van der Waals surface area contributed by atoms with E-state index >= 15 is 0 Å². The van der Waals surface area contributed by atoms with Crippen LogP contribution in [-0.2, 0) is 4.74 Å². The number of benzene rings is 1. The van der Waals surface area contributed by atoms with E-state index in [-0.39, 0.29) is 6.10 Å². The van der Waals surface area contributed by atoms with E-state index in [1.165, 1.54) is 20.0 Å². The molecule has 0 heterocycles. The molecule has 2 rings (SSSR count). The van der Waals surface area contributed by atoms with Gasteiger partial charge in [-0.15, -0.1) is 0 Å². The van der Waals surface area contributed by atoms with Gasteiger partial charge in [-0.3, -0.25) is 0 Å². The molecule has 1 aliphatic rings. The number of methoxy groups -OCH3 is 1. The SMILES string of the molecule is COC(=O)c1ccc(N)cc1OC1CCCC1. The van der Waals surface area contributed by atoms with Gasteiger partial charge >= 0.3 is 5.97 Å². The summed E-state index contributed by atoms with van der Waals surface area (Å²) in [6.07, 6.45) is 4.63. The molecule has 2 N–H and O–H groups in total. The molecule has 0 unspecified atom stereocenters. The minimum atomic E-state index is -0.391. The molecule has 17 heavy (non-hydrogen) atoms. The number of rotatable bonds is 3. The van der Waals surface area contributed by atoms with Gasteiger partial charge in [0.05, 0.1) is 13.2 Å². The predicted octanol–water partition coefficient (Wildman–Crippen LogP) is 2.38. The summed E-state index contributed by atoms with van der Waals surface area (Å²) in [5, 5.41) is 0. The third-order valence-electron chi connectivity index (χ3n) is 3.01. The van der Waals surface area contributed by atoms with Crippen molar-refractivity contribution in [2.45, 2.75) is 31.8 Å². The molecular formula is C13H17NO3. The molecule has 0 aromatic heterocycles. The molecule has 0 saturated heterocycles. The highest BCUT2D eigenvalue weighted by molar-refractivity contribution is 5.93. The van der Waals surface area contributed by atoms with Gasteiger partial charge in [-0.1, -0.05) is 0 Å². The number of nitrogens with two attached hydrogens (primary N) is 1. The number of hydrogen-bond acceptors (Lipinski definition) is 4. The molecular weight excluding hydrogens is 218 g/mol. The third kappa shape index (κ3) is 2.70. The minimum Gasteiger partial charge on any atom is -0.489 e. The van der Waals surface area contributed by atoms with Gasteiger partial charge in [0.15, 0.2) is 0 Å². The fourth-order valence-electron chi connectivity index (χ4n) is 2.10. The Bertz CT molecular complexity index is 411. The first-order valence-electron chi connectivity index (χ1n) is 5.85. The maximum absolute atomic E-state index is 11.6. The fourth-order valence-corrected chi connectivity index (χ4v) is 2.10. The number of esters is 1. The van der Waals surface area contributed by atoms with Crippen LogP contribution in [0, 0.1) is 0 Å². The maximum atomic E-state index is 11.6. The van der Waals surface area contributed by atoms with E-state index < -0.39 is 5.97 Å². The lowest BCUT2D eigenvalue weighted by Crippen LogP contribution is -2.14. The van der Waals surface area contributed by atoms with Crippen LogP contribution in [0.4, 0.5) is 5.69 Å². The Labute approximate surface area is 101 Å². The topological polar surface area (TPSA) is 61.5 Å². The van der Waals surface area contributed by atoms with Crippen molar-refractivity contribution in [1.29, 1.82) is 0 Å². The number of carbonyl (C=O) groups is 1. The first-order chi connectivity index (χ1) is 8.20. The standard InChI is InChI=1S/C13H17NO3/c1-16-13(15)11-7-6-9(14)8-12(11)17-10-4-2-3-5-10/h6-8,10H,2-5,14H2,1H3. The Morgan fingerprint density at radius 1 is 1.35 bits per heavy atom. The monoisotopic (exact) mass is 235 g/mol. The number of anilines is 1. The van der Waals surface area contributed by atoms with Crippen LogP contribution >= 0.6 is 0 Å². The van der Waals surface area contributed by atoms with Crippen LogP contribution in [0.5, 0.6) is 5.75 Å². The van der Waals surface area contributed by atoms with Gasteiger partial charge in [0.2, 0.25) is 0 Å². The van der Waals surface area contributed by atoms with E-state index in [4.69, 9.17) is 15.2 Å². The van der Waals surface area contributed by atoms with E-state index in [1.807, 2.05) is 0 Å². The zero-order chi connectivity index (χ0) is 12.3. The van der Waals surface area contributed by atoms with Crippen molar-refractivity contribution < 1.29 is 14.3 Å². The lowest BCUT2D eigenvalue weighted by atomic mass is 10.1. The van der Waals surface area contributed by atoms with Crippen LogP contribution < -0.4 is 10.5 Å². The normalized spacial score (nSPS) is 15.8. The van der Waals surface area contributed by atoms with Crippen molar-refractivity contribution in [3.8, 4) is 5.75 Å². The van der Waals surface area contributed by atoms with Gasteiger partial charge < -0.3 is 15.2 Å². The summed E-state index contributed by atoms with van der Waals surface area (Å²) < 4.78 is 10.6. The summed E-state index contributed by atoms with van der Waals surface area (Å²) in [6, 6.07) is 5.00. The quantitative estimate of drug-likeness (QED) is 0.645. The van der Waals surface area contributed by atoms with E-state index in [9.17, 15) is 4.79 Å². The molecule has 0 bridgehead atoms. The third-order valence-corrected chi connectivity index (χ3v) is 3.01. The van der Waals surface area contributed by atoms with Crippen molar-refractivity contribution in [2.24, 2.45) is 0 Å². The zero-order valence-corrected chi connectivity index (χ0v) is 9.94. The van der Waals surface area contributed by atoms with Crippen molar-refractivity contribution in [1.82, 2.24) is 0 Å². The highest BCUT2D eigenvalue weighted by Crippen LogP contribution is 2.28. The Morgan fingerprint density at radius 2 is 2.06 bits per heavy atom. The van der Waals surface area contributed by atoms with Gasteiger partial charge in [-0.05, 0) is 37.8 Å². The van der Waals surface area contributed by atoms with Gasteiger partial charge in [0, 0.05) is 11.8 Å². The summed E-state index contributed by atoms with van der Waals surface area (Å²) in [4.78, 5) is 11.6. The van der Waals surface area contributed by atoms with E-state index in [0.717, 1.165) is 12.8 Å². The Balaban J connectivity index is 2.22. The van der Waals surface area contributed by atoms with Gasteiger partial charge in [-0.25, -0.2) is 4.79 Å². The number of ether oxygens (including phenoxy) is 2. The molecule has 92 valence electrons. The molecule has 0 spiro atoms. The second-order valence-electron chi connectivity index (χ2n) is 4.27. The van der Waals surface area contributed by atoms with Gasteiger partial charge in [-0.2, -0.15) is 0 Å². The molecule has 1 fully saturated rings. The Morgan fingerprint density at radius 3 is 2.71 bits per heavy atom. The van der Waals surface area contributed by atoms with Crippen molar-refractivity contribution in [3.05, 3.63) is 23.8 Å². The molecule has 0 atom stereocenters. The van der Waals surface area contributed by atoms with Gasteiger partial charge in [0.1, 0.15) is 11.3 Å². The van der Waals surface area contributed by atoms with Gasteiger partial charge in [0.25, 0.3) is 0 Å². The fraction of sp³-hybridized carbons (Fsp3) is 0.462. The highest BCUT2D eigenvalue weighted by atomic mass is 16.5. The second-order valence-corrected chi connectivity index (χ2v) is 4.27. The highest BCUT2D eigenvalue weighted by Gasteiger charge is 2.20. The van der Waals surface area contributed by atoms with Crippen LogP contribution in [0.3, 0.4) is 0 Å². The predicted molar refractivity (Wildman–Crippen MR) is 65.1 cm³/mol. The van der Waals surface area contributed by atoms with E-state index in [2.05, 4.69) is 0 Å². The average molecular weight is 235 g/mol. The van der Waals surface area contributed by atoms with E-state index in [0.29, 0.717) is 17.0 Å².